The van der Waals surface area contributed by atoms with Gasteiger partial charge in [0.25, 0.3) is 0 Å². The molecule has 1 aliphatic rings. The van der Waals surface area contributed by atoms with E-state index >= 15 is 0 Å². The fourth-order valence-corrected chi connectivity index (χ4v) is 2.28. The van der Waals surface area contributed by atoms with Crippen molar-refractivity contribution in [2.24, 2.45) is 7.05 Å². The summed E-state index contributed by atoms with van der Waals surface area (Å²) in [5, 5.41) is 13.5. The van der Waals surface area contributed by atoms with Gasteiger partial charge in [-0.25, -0.2) is 4.79 Å². The summed E-state index contributed by atoms with van der Waals surface area (Å²) in [4.78, 5) is 11.9. The van der Waals surface area contributed by atoms with Crippen molar-refractivity contribution in [2.75, 3.05) is 6.61 Å². The predicted octanol–water partition coefficient (Wildman–Crippen LogP) is 0.743. The number of carbonyl (C=O) groups is 1. The first-order valence-corrected chi connectivity index (χ1v) is 6.60. The molecule has 2 amide bonds. The van der Waals surface area contributed by atoms with Crippen LogP contribution in [-0.4, -0.2) is 39.5 Å². The Morgan fingerprint density at radius 3 is 2.89 bits per heavy atom. The first kappa shape index (κ1) is 13.8. The van der Waals surface area contributed by atoms with Crippen LogP contribution in [-0.2, 0) is 11.8 Å². The summed E-state index contributed by atoms with van der Waals surface area (Å²) < 4.78 is 7.33. The molecule has 2 N–H and O–H groups in total. The number of amides is 2. The van der Waals surface area contributed by atoms with Crippen LogP contribution in [0, 0.1) is 0 Å². The van der Waals surface area contributed by atoms with Crippen molar-refractivity contribution in [3.63, 3.8) is 0 Å². The average Bonchev–Trinajstić information content (AvgIpc) is 2.98. The van der Waals surface area contributed by atoms with Crippen molar-refractivity contribution in [3.05, 3.63) is 12.2 Å². The van der Waals surface area contributed by atoms with Crippen LogP contribution in [0.3, 0.4) is 0 Å². The van der Waals surface area contributed by atoms with Gasteiger partial charge in [0.2, 0.25) is 0 Å². The van der Waals surface area contributed by atoms with Crippen molar-refractivity contribution < 1.29 is 9.53 Å². The van der Waals surface area contributed by atoms with E-state index in [1.165, 1.54) is 0 Å². The molecule has 1 aromatic rings. The maximum absolute atomic E-state index is 11.9. The second kappa shape index (κ2) is 6.01. The lowest BCUT2D eigenvalue weighted by molar-refractivity contribution is 0.0858. The van der Waals surface area contributed by atoms with E-state index < -0.39 is 0 Å². The Morgan fingerprint density at radius 1 is 1.53 bits per heavy atom. The topological polar surface area (TPSA) is 81.1 Å². The Balaban J connectivity index is 1.82. The molecule has 106 valence electrons. The lowest BCUT2D eigenvalue weighted by atomic mass is 10.1. The molecule has 3 atom stereocenters. The molecule has 1 saturated heterocycles. The summed E-state index contributed by atoms with van der Waals surface area (Å²) in [7, 11) is 1.85. The van der Waals surface area contributed by atoms with Gasteiger partial charge in [-0.15, -0.1) is 10.2 Å². The Bertz CT molecular complexity index is 428. The molecule has 7 heteroatoms. The first-order chi connectivity index (χ1) is 9.08. The molecule has 1 fully saturated rings. The second-order valence-electron chi connectivity index (χ2n) is 4.98. The lowest BCUT2D eigenvalue weighted by Gasteiger charge is -2.21. The SMILES string of the molecule is C[C@H](NC(=O)N[C@@H](C)[C@@H]1CCCO1)c1nncn1C. The zero-order valence-corrected chi connectivity index (χ0v) is 11.6. The number of hydrogen-bond donors (Lipinski definition) is 2. The van der Waals surface area contributed by atoms with Crippen LogP contribution in [0.25, 0.3) is 0 Å². The monoisotopic (exact) mass is 267 g/mol. The standard InChI is InChI=1S/C12H21N5O2/c1-8(10-5-4-6-19-10)14-12(18)15-9(2)11-16-13-7-17(11)3/h7-10H,4-6H2,1-3H3,(H2,14,15,18)/t8-,9-,10-/m0/s1. The largest absolute Gasteiger partial charge is 0.376 e. The zero-order chi connectivity index (χ0) is 13.8. The number of ether oxygens (including phenoxy) is 1. The highest BCUT2D eigenvalue weighted by molar-refractivity contribution is 5.74. The van der Waals surface area contributed by atoms with Crippen LogP contribution in [0.1, 0.15) is 38.6 Å². The molecular formula is C12H21N5O2. The molecule has 0 bridgehead atoms. The van der Waals surface area contributed by atoms with Crippen molar-refractivity contribution in [1.29, 1.82) is 0 Å². The van der Waals surface area contributed by atoms with E-state index in [0.717, 1.165) is 25.3 Å². The van der Waals surface area contributed by atoms with Crippen LogP contribution >= 0.6 is 0 Å². The van der Waals surface area contributed by atoms with Crippen molar-refractivity contribution in [2.45, 2.75) is 44.9 Å². The molecule has 1 aromatic heterocycles. The van der Waals surface area contributed by atoms with Gasteiger partial charge >= 0.3 is 6.03 Å². The summed E-state index contributed by atoms with van der Waals surface area (Å²) in [6, 6.07) is -0.392. The molecule has 2 heterocycles. The average molecular weight is 267 g/mol. The van der Waals surface area contributed by atoms with Gasteiger partial charge in [-0.1, -0.05) is 0 Å². The number of rotatable bonds is 4. The van der Waals surface area contributed by atoms with Gasteiger partial charge in [0.1, 0.15) is 6.33 Å². The van der Waals surface area contributed by atoms with Gasteiger partial charge in [0.15, 0.2) is 5.82 Å². The molecule has 0 saturated carbocycles. The number of aryl methyl sites for hydroxylation is 1. The molecule has 7 nitrogen and oxygen atoms in total. The Hall–Kier alpha value is -1.63. The van der Waals surface area contributed by atoms with E-state index in [0.29, 0.717) is 0 Å². The van der Waals surface area contributed by atoms with Gasteiger partial charge in [0, 0.05) is 13.7 Å². The molecule has 19 heavy (non-hydrogen) atoms. The number of carbonyl (C=O) groups excluding carboxylic acids is 1. The minimum atomic E-state index is -0.210. The fourth-order valence-electron chi connectivity index (χ4n) is 2.28. The van der Waals surface area contributed by atoms with Crippen LogP contribution in [0.4, 0.5) is 4.79 Å². The Labute approximate surface area is 112 Å². The smallest absolute Gasteiger partial charge is 0.315 e. The predicted molar refractivity (Wildman–Crippen MR) is 69.5 cm³/mol. The van der Waals surface area contributed by atoms with Crippen LogP contribution in [0.15, 0.2) is 6.33 Å². The molecule has 0 unspecified atom stereocenters. The van der Waals surface area contributed by atoms with Gasteiger partial charge in [0.05, 0.1) is 18.2 Å². The van der Waals surface area contributed by atoms with E-state index in [-0.39, 0.29) is 24.2 Å². The number of urea groups is 1. The maximum atomic E-state index is 11.9. The number of hydrogen-bond acceptors (Lipinski definition) is 4. The molecule has 2 rings (SSSR count). The number of nitrogens with one attached hydrogen (secondary N) is 2. The quantitative estimate of drug-likeness (QED) is 0.843. The van der Waals surface area contributed by atoms with Gasteiger partial charge in [-0.2, -0.15) is 0 Å². The second-order valence-corrected chi connectivity index (χ2v) is 4.98. The fraction of sp³-hybridized carbons (Fsp3) is 0.750. The summed E-state index contributed by atoms with van der Waals surface area (Å²) in [5.41, 5.74) is 0. The van der Waals surface area contributed by atoms with Crippen molar-refractivity contribution >= 4 is 6.03 Å². The zero-order valence-electron chi connectivity index (χ0n) is 11.6. The van der Waals surface area contributed by atoms with E-state index in [4.69, 9.17) is 4.74 Å². The Morgan fingerprint density at radius 2 is 2.32 bits per heavy atom. The molecule has 0 spiro atoms. The third kappa shape index (κ3) is 3.44. The maximum Gasteiger partial charge on any atom is 0.315 e. The summed E-state index contributed by atoms with van der Waals surface area (Å²) in [6.45, 7) is 4.62. The van der Waals surface area contributed by atoms with E-state index in [2.05, 4.69) is 20.8 Å². The highest BCUT2D eigenvalue weighted by Crippen LogP contribution is 2.15. The molecular weight excluding hydrogens is 246 g/mol. The highest BCUT2D eigenvalue weighted by atomic mass is 16.5. The van der Waals surface area contributed by atoms with E-state index in [1.54, 1.807) is 10.9 Å². The van der Waals surface area contributed by atoms with Crippen LogP contribution < -0.4 is 10.6 Å². The molecule has 1 aliphatic heterocycles. The normalized spacial score (nSPS) is 21.9. The Kier molecular flexibility index (Phi) is 4.36. The summed E-state index contributed by atoms with van der Waals surface area (Å²) in [6.07, 6.45) is 3.80. The van der Waals surface area contributed by atoms with Gasteiger partial charge < -0.3 is 19.9 Å². The third-order valence-corrected chi connectivity index (χ3v) is 3.36. The van der Waals surface area contributed by atoms with E-state index in [9.17, 15) is 4.79 Å². The minimum Gasteiger partial charge on any atom is -0.376 e. The van der Waals surface area contributed by atoms with Gasteiger partial charge in [-0.05, 0) is 26.7 Å². The third-order valence-electron chi connectivity index (χ3n) is 3.36. The van der Waals surface area contributed by atoms with Crippen molar-refractivity contribution in [1.82, 2.24) is 25.4 Å². The number of aromatic nitrogens is 3. The summed E-state index contributed by atoms with van der Waals surface area (Å²) >= 11 is 0. The summed E-state index contributed by atoms with van der Waals surface area (Å²) in [5.74, 6) is 0.722. The number of nitrogens with zero attached hydrogens (tertiary/aromatic N) is 3. The van der Waals surface area contributed by atoms with Crippen LogP contribution in [0.5, 0.6) is 0 Å². The van der Waals surface area contributed by atoms with Crippen molar-refractivity contribution in [3.8, 4) is 0 Å². The molecule has 0 aliphatic carbocycles. The lowest BCUT2D eigenvalue weighted by Crippen LogP contribution is -2.46. The van der Waals surface area contributed by atoms with Crippen LogP contribution in [0.2, 0.25) is 0 Å². The minimum absolute atomic E-state index is 0.00852. The van der Waals surface area contributed by atoms with E-state index in [1.807, 2.05) is 20.9 Å². The highest BCUT2D eigenvalue weighted by Gasteiger charge is 2.24. The molecule has 0 aromatic carbocycles. The molecule has 0 radical (unpaired) electrons. The van der Waals surface area contributed by atoms with Gasteiger partial charge in [-0.3, -0.25) is 0 Å². The first-order valence-electron chi connectivity index (χ1n) is 6.60.